The van der Waals surface area contributed by atoms with Crippen molar-refractivity contribution >= 4 is 17.7 Å². The van der Waals surface area contributed by atoms with Crippen molar-refractivity contribution in [1.29, 1.82) is 0 Å². The molecule has 0 aliphatic carbocycles. The smallest absolute Gasteiger partial charge is 0.344 e. The molecule has 0 amide bonds. The van der Waals surface area contributed by atoms with Gasteiger partial charge < -0.3 is 19.0 Å². The first-order valence-corrected chi connectivity index (χ1v) is 8.20. The first-order valence-electron chi connectivity index (χ1n) is 8.20. The number of aryl methyl sites for hydroxylation is 3. The number of carbonyl (C=O) groups excluding carboxylic acids is 3. The normalized spacial score (nSPS) is 11.9. The Morgan fingerprint density at radius 2 is 1.81 bits per heavy atom. The highest BCUT2D eigenvalue weighted by molar-refractivity contribution is 6.04. The highest BCUT2D eigenvalue weighted by Crippen LogP contribution is 2.22. The van der Waals surface area contributed by atoms with Gasteiger partial charge >= 0.3 is 11.9 Å². The van der Waals surface area contributed by atoms with E-state index in [4.69, 9.17) is 14.0 Å². The van der Waals surface area contributed by atoms with Gasteiger partial charge in [0.25, 0.3) is 0 Å². The second kappa shape index (κ2) is 7.55. The molecule has 8 nitrogen and oxygen atoms in total. The van der Waals surface area contributed by atoms with Crippen LogP contribution in [-0.2, 0) is 15.9 Å². The fourth-order valence-electron chi connectivity index (χ4n) is 2.80. The molecule has 140 valence electrons. The summed E-state index contributed by atoms with van der Waals surface area (Å²) in [6.45, 7) is 8.22. The number of Topliss-reactive ketones (excluding diaryl/α,β-unsaturated/α-hetero) is 1. The summed E-state index contributed by atoms with van der Waals surface area (Å²) in [5.41, 5.74) is 2.20. The third kappa shape index (κ3) is 3.40. The SMILES string of the molecule is CCc1noc(C)c1C(=O)O[C@H](C)C(=O)c1[nH]c(C)c(C(=O)OC)c1C. The van der Waals surface area contributed by atoms with Crippen molar-refractivity contribution in [2.45, 2.75) is 47.1 Å². The van der Waals surface area contributed by atoms with Gasteiger partial charge in [0.2, 0.25) is 5.78 Å². The van der Waals surface area contributed by atoms with Gasteiger partial charge in [-0.25, -0.2) is 9.59 Å². The second-order valence-electron chi connectivity index (χ2n) is 5.94. The number of hydrogen-bond donors (Lipinski definition) is 1. The number of esters is 2. The van der Waals surface area contributed by atoms with Crippen molar-refractivity contribution in [3.63, 3.8) is 0 Å². The lowest BCUT2D eigenvalue weighted by atomic mass is 10.1. The predicted molar refractivity (Wildman–Crippen MR) is 91.4 cm³/mol. The Morgan fingerprint density at radius 1 is 1.15 bits per heavy atom. The number of methoxy groups -OCH3 is 1. The van der Waals surface area contributed by atoms with Gasteiger partial charge in [0, 0.05) is 5.69 Å². The average Bonchev–Trinajstić information content (AvgIpc) is 3.12. The number of hydrogen-bond acceptors (Lipinski definition) is 7. The zero-order valence-electron chi connectivity index (χ0n) is 15.7. The van der Waals surface area contributed by atoms with Crippen LogP contribution < -0.4 is 0 Å². The number of nitrogens with zero attached hydrogens (tertiary/aromatic N) is 1. The monoisotopic (exact) mass is 362 g/mol. The number of rotatable bonds is 6. The Hall–Kier alpha value is -2.90. The van der Waals surface area contributed by atoms with Crippen LogP contribution in [0.2, 0.25) is 0 Å². The minimum absolute atomic E-state index is 0.209. The van der Waals surface area contributed by atoms with Gasteiger partial charge in [-0.05, 0) is 39.7 Å². The maximum absolute atomic E-state index is 12.7. The molecule has 0 saturated carbocycles. The van der Waals surface area contributed by atoms with E-state index in [1.807, 2.05) is 6.92 Å². The van der Waals surface area contributed by atoms with E-state index in [9.17, 15) is 14.4 Å². The second-order valence-corrected chi connectivity index (χ2v) is 5.94. The number of ketones is 1. The summed E-state index contributed by atoms with van der Waals surface area (Å²) in [7, 11) is 1.27. The molecule has 0 spiro atoms. The molecule has 2 rings (SSSR count). The van der Waals surface area contributed by atoms with Crippen molar-refractivity contribution in [2.24, 2.45) is 0 Å². The van der Waals surface area contributed by atoms with Gasteiger partial charge in [0.05, 0.1) is 24.1 Å². The zero-order valence-corrected chi connectivity index (χ0v) is 15.7. The molecule has 0 radical (unpaired) electrons. The Morgan fingerprint density at radius 3 is 2.38 bits per heavy atom. The topological polar surface area (TPSA) is 111 Å². The van der Waals surface area contributed by atoms with Crippen molar-refractivity contribution in [2.75, 3.05) is 7.11 Å². The zero-order chi connectivity index (χ0) is 19.6. The van der Waals surface area contributed by atoms with E-state index >= 15 is 0 Å². The summed E-state index contributed by atoms with van der Waals surface area (Å²) in [6, 6.07) is 0. The maximum Gasteiger partial charge on any atom is 0.344 e. The summed E-state index contributed by atoms with van der Waals surface area (Å²) in [4.78, 5) is 39.8. The van der Waals surface area contributed by atoms with Gasteiger partial charge in [0.1, 0.15) is 11.3 Å². The molecule has 2 aromatic heterocycles. The molecule has 2 aromatic rings. The number of carbonyl (C=O) groups is 3. The summed E-state index contributed by atoms with van der Waals surface area (Å²) in [6.07, 6.45) is -0.551. The van der Waals surface area contributed by atoms with Gasteiger partial charge in [-0.15, -0.1) is 0 Å². The van der Waals surface area contributed by atoms with Crippen molar-refractivity contribution in [3.05, 3.63) is 39.5 Å². The van der Waals surface area contributed by atoms with Gasteiger partial charge in [-0.3, -0.25) is 4.79 Å². The molecular weight excluding hydrogens is 340 g/mol. The third-order valence-electron chi connectivity index (χ3n) is 4.20. The Balaban J connectivity index is 2.24. The lowest BCUT2D eigenvalue weighted by molar-refractivity contribution is 0.0314. The lowest BCUT2D eigenvalue weighted by Crippen LogP contribution is -2.26. The van der Waals surface area contributed by atoms with E-state index in [1.54, 1.807) is 20.8 Å². The lowest BCUT2D eigenvalue weighted by Gasteiger charge is -2.12. The van der Waals surface area contributed by atoms with Crippen LogP contribution in [-0.4, -0.2) is 41.1 Å². The van der Waals surface area contributed by atoms with Crippen LogP contribution >= 0.6 is 0 Å². The van der Waals surface area contributed by atoms with E-state index in [2.05, 4.69) is 10.1 Å². The predicted octanol–water partition coefficient (Wildman–Crippen LogP) is 2.71. The van der Waals surface area contributed by atoms with E-state index in [0.717, 1.165) is 0 Å². The van der Waals surface area contributed by atoms with Crippen LogP contribution in [0.1, 0.15) is 67.8 Å². The molecule has 1 N–H and O–H groups in total. The van der Waals surface area contributed by atoms with E-state index in [1.165, 1.54) is 14.0 Å². The van der Waals surface area contributed by atoms with Crippen molar-refractivity contribution in [3.8, 4) is 0 Å². The number of aromatic nitrogens is 2. The minimum Gasteiger partial charge on any atom is -0.465 e. The highest BCUT2D eigenvalue weighted by atomic mass is 16.5. The van der Waals surface area contributed by atoms with Crippen molar-refractivity contribution in [1.82, 2.24) is 10.1 Å². The molecule has 26 heavy (non-hydrogen) atoms. The molecule has 0 aliphatic heterocycles. The van der Waals surface area contributed by atoms with Crippen LogP contribution in [0.4, 0.5) is 0 Å². The van der Waals surface area contributed by atoms with Crippen LogP contribution in [0, 0.1) is 20.8 Å². The first-order chi connectivity index (χ1) is 12.2. The van der Waals surface area contributed by atoms with E-state index < -0.39 is 23.8 Å². The summed E-state index contributed by atoms with van der Waals surface area (Å²) >= 11 is 0. The van der Waals surface area contributed by atoms with Crippen LogP contribution in [0.5, 0.6) is 0 Å². The number of nitrogens with one attached hydrogen (secondary N) is 1. The fraction of sp³-hybridized carbons (Fsp3) is 0.444. The highest BCUT2D eigenvalue weighted by Gasteiger charge is 2.29. The number of ether oxygens (including phenoxy) is 2. The Bertz CT molecular complexity index is 861. The molecule has 0 aromatic carbocycles. The van der Waals surface area contributed by atoms with E-state index in [-0.39, 0.29) is 11.3 Å². The van der Waals surface area contributed by atoms with Gasteiger partial charge in [-0.1, -0.05) is 12.1 Å². The summed E-state index contributed by atoms with van der Waals surface area (Å²) in [5, 5.41) is 3.81. The maximum atomic E-state index is 12.7. The largest absolute Gasteiger partial charge is 0.465 e. The molecule has 0 unspecified atom stereocenters. The fourth-order valence-corrected chi connectivity index (χ4v) is 2.80. The molecule has 1 atom stereocenters. The van der Waals surface area contributed by atoms with Crippen LogP contribution in [0.15, 0.2) is 4.52 Å². The quantitative estimate of drug-likeness (QED) is 0.621. The molecule has 8 heteroatoms. The molecule has 2 heterocycles. The van der Waals surface area contributed by atoms with E-state index in [0.29, 0.717) is 34.7 Å². The number of aromatic amines is 1. The molecule has 0 bridgehead atoms. The molecule has 0 aliphatic rings. The Kier molecular flexibility index (Phi) is 5.64. The minimum atomic E-state index is -1.05. The average molecular weight is 362 g/mol. The summed E-state index contributed by atoms with van der Waals surface area (Å²) in [5.74, 6) is -1.31. The third-order valence-corrected chi connectivity index (χ3v) is 4.20. The van der Waals surface area contributed by atoms with Crippen LogP contribution in [0.3, 0.4) is 0 Å². The molecular formula is C18H22N2O6. The van der Waals surface area contributed by atoms with Gasteiger partial charge in [0.15, 0.2) is 6.10 Å². The summed E-state index contributed by atoms with van der Waals surface area (Å²) < 4.78 is 15.0. The molecule has 0 fully saturated rings. The molecule has 0 saturated heterocycles. The Labute approximate surface area is 150 Å². The number of H-pyrrole nitrogens is 1. The van der Waals surface area contributed by atoms with Crippen LogP contribution in [0.25, 0.3) is 0 Å². The first kappa shape index (κ1) is 19.4. The van der Waals surface area contributed by atoms with Gasteiger partial charge in [-0.2, -0.15) is 0 Å². The van der Waals surface area contributed by atoms with Crippen molar-refractivity contribution < 1.29 is 28.4 Å². The standard InChI is InChI=1S/C18H22N2O6/c1-7-12-14(10(4)26-20-12)18(23)25-11(5)16(21)15-8(2)13(9(3)19-15)17(22)24-6/h11,19H,7H2,1-6H3/t11-/m1/s1.